The van der Waals surface area contributed by atoms with Gasteiger partial charge in [-0.1, -0.05) is 92.6 Å². The van der Waals surface area contributed by atoms with E-state index in [2.05, 4.69) is 40.7 Å². The Morgan fingerprint density at radius 3 is 2.08 bits per heavy atom. The molecule has 0 amide bonds. The SMILES string of the molecule is CCCCOC1C(CCC(C)CCCC(C)(O)CCCC(C)CCCC(C)C(=O)O)=CC(O)C(C)C1C. The maximum Gasteiger partial charge on any atom is 0.306 e. The van der Waals surface area contributed by atoms with E-state index in [-0.39, 0.29) is 24.0 Å². The summed E-state index contributed by atoms with van der Waals surface area (Å²) in [6.07, 6.45) is 14.8. The lowest BCUT2D eigenvalue weighted by Gasteiger charge is -2.38. The van der Waals surface area contributed by atoms with Crippen molar-refractivity contribution >= 4 is 5.97 Å². The van der Waals surface area contributed by atoms with Crippen molar-refractivity contribution in [2.24, 2.45) is 29.6 Å². The van der Waals surface area contributed by atoms with Gasteiger partial charge in [0, 0.05) is 6.61 Å². The number of carbonyl (C=O) groups is 1. The van der Waals surface area contributed by atoms with E-state index >= 15 is 0 Å². The second-order valence-corrected chi connectivity index (χ2v) is 12.8. The predicted molar refractivity (Wildman–Crippen MR) is 154 cm³/mol. The van der Waals surface area contributed by atoms with Crippen LogP contribution in [0.4, 0.5) is 0 Å². The lowest BCUT2D eigenvalue weighted by Crippen LogP contribution is -2.39. The van der Waals surface area contributed by atoms with Crippen LogP contribution in [-0.4, -0.2) is 45.7 Å². The molecule has 218 valence electrons. The quantitative estimate of drug-likeness (QED) is 0.112. The smallest absolute Gasteiger partial charge is 0.306 e. The second-order valence-electron chi connectivity index (χ2n) is 12.8. The van der Waals surface area contributed by atoms with Gasteiger partial charge >= 0.3 is 5.97 Å². The third-order valence-corrected chi connectivity index (χ3v) is 8.90. The molecular formula is C32H60O5. The molecule has 0 saturated heterocycles. The standard InChI is InChI=1S/C32H60O5/c1-8-9-21-37-30-27(6)26(5)29(33)22-28(30)18-17-24(3)15-12-20-32(7,36)19-11-14-23(2)13-10-16-25(4)31(34)35/h22-27,29-30,33,36H,8-21H2,1-7H3,(H,34,35). The number of aliphatic hydroxyl groups is 2. The Kier molecular flexibility index (Phi) is 16.3. The predicted octanol–water partition coefficient (Wildman–Crippen LogP) is 7.78. The minimum atomic E-state index is -0.701. The van der Waals surface area contributed by atoms with Crippen molar-refractivity contribution < 1.29 is 24.9 Å². The van der Waals surface area contributed by atoms with Crippen LogP contribution in [0.2, 0.25) is 0 Å². The molecule has 8 unspecified atom stereocenters. The van der Waals surface area contributed by atoms with Crippen LogP contribution in [-0.2, 0) is 9.53 Å². The lowest BCUT2D eigenvalue weighted by molar-refractivity contribution is -0.141. The van der Waals surface area contributed by atoms with Gasteiger partial charge in [-0.2, -0.15) is 0 Å². The minimum absolute atomic E-state index is 0.126. The summed E-state index contributed by atoms with van der Waals surface area (Å²) in [5.41, 5.74) is 0.663. The molecule has 0 bridgehead atoms. The number of carboxylic acids is 1. The van der Waals surface area contributed by atoms with Crippen LogP contribution in [0.15, 0.2) is 11.6 Å². The van der Waals surface area contributed by atoms with E-state index in [0.29, 0.717) is 17.8 Å². The van der Waals surface area contributed by atoms with E-state index < -0.39 is 11.6 Å². The first-order chi connectivity index (χ1) is 17.4. The number of carboxylic acid groups (broad SMARTS) is 1. The van der Waals surface area contributed by atoms with Gasteiger partial charge < -0.3 is 20.1 Å². The van der Waals surface area contributed by atoms with Crippen LogP contribution in [0.25, 0.3) is 0 Å². The van der Waals surface area contributed by atoms with Gasteiger partial charge in [-0.3, -0.25) is 4.79 Å². The van der Waals surface area contributed by atoms with Gasteiger partial charge in [-0.05, 0) is 74.7 Å². The summed E-state index contributed by atoms with van der Waals surface area (Å²) in [5, 5.41) is 30.4. The first-order valence-electron chi connectivity index (χ1n) is 15.3. The molecule has 37 heavy (non-hydrogen) atoms. The van der Waals surface area contributed by atoms with E-state index in [9.17, 15) is 15.0 Å². The molecule has 8 atom stereocenters. The average molecular weight is 525 g/mol. The molecule has 3 N–H and O–H groups in total. The molecule has 0 heterocycles. The molecule has 0 aromatic carbocycles. The van der Waals surface area contributed by atoms with Crippen molar-refractivity contribution in [1.29, 1.82) is 0 Å². The topological polar surface area (TPSA) is 87.0 Å². The number of ether oxygens (including phenoxy) is 1. The van der Waals surface area contributed by atoms with Gasteiger partial charge in [0.2, 0.25) is 0 Å². The van der Waals surface area contributed by atoms with Crippen LogP contribution in [0, 0.1) is 29.6 Å². The van der Waals surface area contributed by atoms with Crippen molar-refractivity contribution in [1.82, 2.24) is 0 Å². The Hall–Kier alpha value is -0.910. The zero-order valence-corrected chi connectivity index (χ0v) is 25.2. The molecule has 0 aromatic rings. The van der Waals surface area contributed by atoms with Crippen molar-refractivity contribution in [3.63, 3.8) is 0 Å². The number of rotatable bonds is 20. The molecule has 0 radical (unpaired) electrons. The number of unbranched alkanes of at least 4 members (excludes halogenated alkanes) is 1. The fourth-order valence-electron chi connectivity index (χ4n) is 5.61. The highest BCUT2D eigenvalue weighted by Crippen LogP contribution is 2.35. The van der Waals surface area contributed by atoms with Crippen LogP contribution in [0.3, 0.4) is 0 Å². The van der Waals surface area contributed by atoms with Crippen molar-refractivity contribution in [2.75, 3.05) is 6.61 Å². The second kappa shape index (κ2) is 17.6. The van der Waals surface area contributed by atoms with Crippen LogP contribution in [0.5, 0.6) is 0 Å². The summed E-state index contributed by atoms with van der Waals surface area (Å²) in [7, 11) is 0. The molecular weight excluding hydrogens is 464 g/mol. The Balaban J connectivity index is 2.33. The Bertz CT molecular complexity index is 658. The highest BCUT2D eigenvalue weighted by molar-refractivity contribution is 5.69. The molecule has 0 aliphatic heterocycles. The van der Waals surface area contributed by atoms with Gasteiger partial charge in [-0.15, -0.1) is 0 Å². The first-order valence-corrected chi connectivity index (χ1v) is 15.3. The Morgan fingerprint density at radius 2 is 1.51 bits per heavy atom. The average Bonchev–Trinajstić information content (AvgIpc) is 2.82. The van der Waals surface area contributed by atoms with Gasteiger partial charge in [0.15, 0.2) is 0 Å². The Morgan fingerprint density at radius 1 is 0.946 bits per heavy atom. The molecule has 1 aliphatic rings. The van der Waals surface area contributed by atoms with Crippen molar-refractivity contribution in [2.45, 2.75) is 150 Å². The summed E-state index contributed by atoms with van der Waals surface area (Å²) >= 11 is 0. The summed E-state index contributed by atoms with van der Waals surface area (Å²) in [5.74, 6) is 0.742. The van der Waals surface area contributed by atoms with Gasteiger partial charge in [-0.25, -0.2) is 0 Å². The molecule has 1 aliphatic carbocycles. The third kappa shape index (κ3) is 13.6. The van der Waals surface area contributed by atoms with Crippen LogP contribution < -0.4 is 0 Å². The molecule has 0 fully saturated rings. The van der Waals surface area contributed by atoms with Gasteiger partial charge in [0.25, 0.3) is 0 Å². The molecule has 5 nitrogen and oxygen atoms in total. The largest absolute Gasteiger partial charge is 0.481 e. The monoisotopic (exact) mass is 524 g/mol. The Labute approximate surface area is 228 Å². The van der Waals surface area contributed by atoms with E-state index in [4.69, 9.17) is 9.84 Å². The van der Waals surface area contributed by atoms with Gasteiger partial charge in [0.05, 0.1) is 23.7 Å². The molecule has 1 rings (SSSR count). The lowest BCUT2D eigenvalue weighted by atomic mass is 9.76. The van der Waals surface area contributed by atoms with E-state index in [1.165, 1.54) is 5.57 Å². The highest BCUT2D eigenvalue weighted by atomic mass is 16.5. The molecule has 5 heteroatoms. The van der Waals surface area contributed by atoms with Crippen LogP contribution >= 0.6 is 0 Å². The zero-order chi connectivity index (χ0) is 28.0. The number of hydrogen-bond donors (Lipinski definition) is 3. The summed E-state index contributed by atoms with van der Waals surface area (Å²) < 4.78 is 6.28. The maximum atomic E-state index is 10.9. The maximum absolute atomic E-state index is 10.9. The third-order valence-electron chi connectivity index (χ3n) is 8.90. The van der Waals surface area contributed by atoms with Crippen LogP contribution in [0.1, 0.15) is 132 Å². The number of hydrogen-bond acceptors (Lipinski definition) is 4. The molecule has 0 spiro atoms. The minimum Gasteiger partial charge on any atom is -0.481 e. The fourth-order valence-corrected chi connectivity index (χ4v) is 5.61. The van der Waals surface area contributed by atoms with E-state index in [0.717, 1.165) is 90.1 Å². The number of aliphatic hydroxyl groups excluding tert-OH is 1. The van der Waals surface area contributed by atoms with E-state index in [1.54, 1.807) is 6.92 Å². The van der Waals surface area contributed by atoms with Gasteiger partial charge in [0.1, 0.15) is 0 Å². The summed E-state index contributed by atoms with van der Waals surface area (Å²) in [4.78, 5) is 10.9. The highest BCUT2D eigenvalue weighted by Gasteiger charge is 2.34. The first kappa shape index (κ1) is 34.1. The molecule has 0 saturated carbocycles. The summed E-state index contributed by atoms with van der Waals surface area (Å²) in [6.45, 7) is 15.6. The van der Waals surface area contributed by atoms with Crippen molar-refractivity contribution in [3.05, 3.63) is 11.6 Å². The van der Waals surface area contributed by atoms with Crippen molar-refractivity contribution in [3.8, 4) is 0 Å². The molecule has 0 aromatic heterocycles. The summed E-state index contributed by atoms with van der Waals surface area (Å²) in [6, 6.07) is 0. The number of aliphatic carboxylic acids is 1. The normalized spacial score (nSPS) is 26.2. The zero-order valence-electron chi connectivity index (χ0n) is 25.2. The van der Waals surface area contributed by atoms with E-state index in [1.807, 2.05) is 6.92 Å². The fraction of sp³-hybridized carbons (Fsp3) is 0.906.